The van der Waals surface area contributed by atoms with Crippen LogP contribution in [-0.4, -0.2) is 11.1 Å². The molecule has 0 aliphatic heterocycles. The van der Waals surface area contributed by atoms with Gasteiger partial charge in [-0.3, -0.25) is 0 Å². The number of rotatable bonds is 6. The number of aryl methyl sites for hydroxylation is 1. The molecule has 0 amide bonds. The lowest BCUT2D eigenvalue weighted by Crippen LogP contribution is -2.27. The van der Waals surface area contributed by atoms with Gasteiger partial charge in [-0.15, -0.1) is 11.3 Å². The molecule has 1 heterocycles. The number of thiophene rings is 1. The van der Waals surface area contributed by atoms with Crippen molar-refractivity contribution in [2.24, 2.45) is 0 Å². The Morgan fingerprint density at radius 3 is 2.58 bits per heavy atom. The summed E-state index contributed by atoms with van der Waals surface area (Å²) in [4.78, 5) is 1.38. The maximum absolute atomic E-state index is 10.2. The van der Waals surface area contributed by atoms with Crippen molar-refractivity contribution in [3.8, 4) is 0 Å². The van der Waals surface area contributed by atoms with E-state index < -0.39 is 6.10 Å². The maximum atomic E-state index is 10.2. The number of aliphatic hydroxyl groups excluding tert-OH is 1. The van der Waals surface area contributed by atoms with Gasteiger partial charge >= 0.3 is 0 Å². The van der Waals surface area contributed by atoms with Gasteiger partial charge in [-0.2, -0.15) is 0 Å². The van der Waals surface area contributed by atoms with Crippen LogP contribution in [-0.2, 0) is 6.54 Å². The van der Waals surface area contributed by atoms with Crippen molar-refractivity contribution < 1.29 is 5.11 Å². The maximum Gasteiger partial charge on any atom is 0.0804 e. The average molecular weight is 275 g/mol. The van der Waals surface area contributed by atoms with E-state index in [1.54, 1.807) is 11.3 Å². The zero-order valence-corrected chi connectivity index (χ0v) is 12.3. The first-order valence-electron chi connectivity index (χ1n) is 6.66. The summed E-state index contributed by atoms with van der Waals surface area (Å²) < 4.78 is 0. The molecule has 0 aliphatic rings. The molecule has 0 bridgehead atoms. The summed E-state index contributed by atoms with van der Waals surface area (Å²) in [5, 5.41) is 15.8. The third-order valence-electron chi connectivity index (χ3n) is 3.34. The molecule has 2 N–H and O–H groups in total. The molecule has 1 aromatic heterocycles. The number of hydrogen-bond donors (Lipinski definition) is 2. The molecule has 2 atom stereocenters. The van der Waals surface area contributed by atoms with Crippen molar-refractivity contribution in [2.75, 3.05) is 0 Å². The molecule has 2 rings (SSSR count). The summed E-state index contributed by atoms with van der Waals surface area (Å²) in [6, 6.07) is 12.3. The van der Waals surface area contributed by atoms with Gasteiger partial charge in [0.05, 0.1) is 6.10 Å². The summed E-state index contributed by atoms with van der Waals surface area (Å²) in [5.41, 5.74) is 2.33. The van der Waals surface area contributed by atoms with Crippen LogP contribution in [0.1, 0.15) is 35.5 Å². The van der Waals surface area contributed by atoms with Gasteiger partial charge < -0.3 is 10.4 Å². The van der Waals surface area contributed by atoms with Crippen LogP contribution in [0, 0.1) is 6.92 Å². The van der Waals surface area contributed by atoms with Crippen LogP contribution in [0.2, 0.25) is 0 Å². The van der Waals surface area contributed by atoms with Crippen LogP contribution in [0.15, 0.2) is 41.8 Å². The molecule has 2 aromatic rings. The predicted octanol–water partition coefficient (Wildman–Crippen LogP) is 3.66. The van der Waals surface area contributed by atoms with Crippen LogP contribution in [0.4, 0.5) is 0 Å². The van der Waals surface area contributed by atoms with E-state index in [1.165, 1.54) is 10.4 Å². The van der Waals surface area contributed by atoms with Crippen molar-refractivity contribution in [1.82, 2.24) is 5.32 Å². The van der Waals surface area contributed by atoms with Gasteiger partial charge in [-0.1, -0.05) is 30.3 Å². The molecule has 2 unspecified atom stereocenters. The van der Waals surface area contributed by atoms with E-state index in [1.807, 2.05) is 30.3 Å². The highest BCUT2D eigenvalue weighted by Crippen LogP contribution is 2.19. The Balaban J connectivity index is 1.81. The highest BCUT2D eigenvalue weighted by atomic mass is 32.1. The van der Waals surface area contributed by atoms with E-state index in [0.29, 0.717) is 0 Å². The van der Waals surface area contributed by atoms with Gasteiger partial charge in [0, 0.05) is 17.5 Å². The quantitative estimate of drug-likeness (QED) is 0.843. The van der Waals surface area contributed by atoms with E-state index in [-0.39, 0.29) is 6.04 Å². The van der Waals surface area contributed by atoms with Crippen LogP contribution in [0.3, 0.4) is 0 Å². The van der Waals surface area contributed by atoms with Crippen LogP contribution in [0.25, 0.3) is 0 Å². The molecular formula is C16H21NOS. The highest BCUT2D eigenvalue weighted by Gasteiger charge is 2.12. The summed E-state index contributed by atoms with van der Waals surface area (Å²) in [5.74, 6) is 0. The summed E-state index contributed by atoms with van der Waals surface area (Å²) in [6.07, 6.45) is 0.335. The molecule has 0 spiro atoms. The van der Waals surface area contributed by atoms with E-state index in [2.05, 4.69) is 30.6 Å². The Morgan fingerprint density at radius 2 is 1.95 bits per heavy atom. The van der Waals surface area contributed by atoms with Gasteiger partial charge in [-0.05, 0) is 42.8 Å². The molecule has 0 radical (unpaired) electrons. The summed E-state index contributed by atoms with van der Waals surface area (Å²) in [6.45, 7) is 5.14. The lowest BCUT2D eigenvalue weighted by Gasteiger charge is -2.18. The van der Waals surface area contributed by atoms with Crippen molar-refractivity contribution in [2.45, 2.75) is 39.0 Å². The van der Waals surface area contributed by atoms with Crippen LogP contribution < -0.4 is 5.32 Å². The van der Waals surface area contributed by atoms with E-state index in [9.17, 15) is 5.11 Å². The van der Waals surface area contributed by atoms with Gasteiger partial charge in [0.2, 0.25) is 0 Å². The molecule has 1 aromatic carbocycles. The molecule has 2 nitrogen and oxygen atoms in total. The normalized spacial score (nSPS) is 14.3. The Kier molecular flexibility index (Phi) is 5.14. The number of nitrogens with one attached hydrogen (secondary N) is 1. The van der Waals surface area contributed by atoms with Crippen molar-refractivity contribution in [3.63, 3.8) is 0 Å². The molecular weight excluding hydrogens is 254 g/mol. The third-order valence-corrected chi connectivity index (χ3v) is 4.36. The van der Waals surface area contributed by atoms with Gasteiger partial charge in [-0.25, -0.2) is 0 Å². The Morgan fingerprint density at radius 1 is 1.21 bits per heavy atom. The van der Waals surface area contributed by atoms with Crippen molar-refractivity contribution in [3.05, 3.63) is 57.8 Å². The van der Waals surface area contributed by atoms with E-state index in [0.717, 1.165) is 18.5 Å². The fourth-order valence-electron chi connectivity index (χ4n) is 2.08. The molecule has 0 saturated carbocycles. The van der Waals surface area contributed by atoms with Crippen molar-refractivity contribution in [1.29, 1.82) is 0 Å². The smallest absolute Gasteiger partial charge is 0.0804 e. The first-order valence-corrected chi connectivity index (χ1v) is 7.54. The lowest BCUT2D eigenvalue weighted by atomic mass is 10.0. The van der Waals surface area contributed by atoms with Gasteiger partial charge in [0.25, 0.3) is 0 Å². The predicted molar refractivity (Wildman–Crippen MR) is 81.4 cm³/mol. The highest BCUT2D eigenvalue weighted by molar-refractivity contribution is 7.10. The number of benzene rings is 1. The largest absolute Gasteiger partial charge is 0.388 e. The minimum Gasteiger partial charge on any atom is -0.388 e. The zero-order chi connectivity index (χ0) is 13.7. The number of aliphatic hydroxyl groups is 1. The summed E-state index contributed by atoms with van der Waals surface area (Å²) in [7, 11) is 0. The molecule has 0 aliphatic carbocycles. The first kappa shape index (κ1) is 14.3. The van der Waals surface area contributed by atoms with E-state index >= 15 is 0 Å². The third kappa shape index (κ3) is 4.16. The topological polar surface area (TPSA) is 32.3 Å². The molecule has 3 heteroatoms. The SMILES string of the molecule is Cc1ccsc1CNC(C)CC(O)c1ccccc1. The molecule has 0 fully saturated rings. The van der Waals surface area contributed by atoms with Gasteiger partial charge in [0.1, 0.15) is 0 Å². The second kappa shape index (κ2) is 6.85. The number of hydrogen-bond acceptors (Lipinski definition) is 3. The van der Waals surface area contributed by atoms with Crippen LogP contribution in [0.5, 0.6) is 0 Å². The Hall–Kier alpha value is -1.16. The molecule has 0 saturated heterocycles. The Bertz CT molecular complexity index is 494. The Labute approximate surface area is 119 Å². The molecule has 19 heavy (non-hydrogen) atoms. The monoisotopic (exact) mass is 275 g/mol. The van der Waals surface area contributed by atoms with Crippen LogP contribution >= 0.6 is 11.3 Å². The standard InChI is InChI=1S/C16H21NOS/c1-12-8-9-19-16(12)11-17-13(2)10-15(18)14-6-4-3-5-7-14/h3-9,13,15,17-18H,10-11H2,1-2H3. The lowest BCUT2D eigenvalue weighted by molar-refractivity contribution is 0.154. The fourth-order valence-corrected chi connectivity index (χ4v) is 2.94. The molecule has 102 valence electrons. The minimum atomic E-state index is -0.395. The van der Waals surface area contributed by atoms with Gasteiger partial charge in [0.15, 0.2) is 0 Å². The zero-order valence-electron chi connectivity index (χ0n) is 11.5. The second-order valence-electron chi connectivity index (χ2n) is 4.97. The van der Waals surface area contributed by atoms with Crippen molar-refractivity contribution >= 4 is 11.3 Å². The second-order valence-corrected chi connectivity index (χ2v) is 5.97. The minimum absolute atomic E-state index is 0.289. The fraction of sp³-hybridized carbons (Fsp3) is 0.375. The summed E-state index contributed by atoms with van der Waals surface area (Å²) >= 11 is 1.78. The first-order chi connectivity index (χ1) is 9.16. The van der Waals surface area contributed by atoms with E-state index in [4.69, 9.17) is 0 Å². The average Bonchev–Trinajstić information content (AvgIpc) is 2.83.